The second-order valence-electron chi connectivity index (χ2n) is 8.02. The van der Waals surface area contributed by atoms with Crippen molar-refractivity contribution in [3.8, 4) is 11.5 Å². The van der Waals surface area contributed by atoms with E-state index < -0.39 is 11.9 Å². The molecule has 2 aliphatic heterocycles. The van der Waals surface area contributed by atoms with Crippen molar-refractivity contribution in [2.45, 2.75) is 25.3 Å². The molecule has 4 rings (SSSR count). The number of aromatic nitrogens is 1. The number of primary amides is 1. The molecule has 0 saturated carbocycles. The van der Waals surface area contributed by atoms with Crippen molar-refractivity contribution in [3.05, 3.63) is 66.0 Å². The summed E-state index contributed by atoms with van der Waals surface area (Å²) in [6.07, 6.45) is 12.5. The van der Waals surface area contributed by atoms with Gasteiger partial charge in [0.25, 0.3) is 0 Å². The van der Waals surface area contributed by atoms with Crippen LogP contribution in [0.15, 0.2) is 59.9 Å². The molecule has 31 heavy (non-hydrogen) atoms. The van der Waals surface area contributed by atoms with Gasteiger partial charge in [0.2, 0.25) is 5.91 Å². The number of hydrogen-bond acceptors (Lipinski definition) is 6. The molecule has 1 aromatic carbocycles. The average Bonchev–Trinajstić information content (AvgIpc) is 2.81. The van der Waals surface area contributed by atoms with Gasteiger partial charge in [0.05, 0.1) is 0 Å². The predicted octanol–water partition coefficient (Wildman–Crippen LogP) is 2.62. The van der Waals surface area contributed by atoms with Crippen molar-refractivity contribution in [3.63, 3.8) is 0 Å². The summed E-state index contributed by atoms with van der Waals surface area (Å²) in [5.74, 6) is 0.922. The number of pyridine rings is 1. The van der Waals surface area contributed by atoms with Crippen LogP contribution in [0.4, 0.5) is 0 Å². The molecule has 2 aliphatic rings. The van der Waals surface area contributed by atoms with Crippen LogP contribution in [0.1, 0.15) is 30.0 Å². The van der Waals surface area contributed by atoms with Gasteiger partial charge in [-0.05, 0) is 61.2 Å². The van der Waals surface area contributed by atoms with Crippen LogP contribution in [0.5, 0.6) is 11.5 Å². The molecular formula is C24H28N4O3. The molecule has 3 heterocycles. The molecule has 3 N–H and O–H groups in total. The van der Waals surface area contributed by atoms with E-state index in [0.717, 1.165) is 31.4 Å². The van der Waals surface area contributed by atoms with Crippen LogP contribution < -0.4 is 20.5 Å². The molecule has 0 aliphatic carbocycles. The number of rotatable bonds is 9. The molecule has 2 atom stereocenters. The fourth-order valence-electron chi connectivity index (χ4n) is 4.07. The largest absolute Gasteiger partial charge is 0.486 e. The Morgan fingerprint density at radius 3 is 2.81 bits per heavy atom. The normalized spacial score (nSPS) is 20.4. The van der Waals surface area contributed by atoms with Gasteiger partial charge in [-0.1, -0.05) is 18.2 Å². The minimum atomic E-state index is -0.595. The summed E-state index contributed by atoms with van der Waals surface area (Å²) in [6.45, 7) is 2.39. The van der Waals surface area contributed by atoms with Crippen LogP contribution in [0.2, 0.25) is 0 Å². The minimum absolute atomic E-state index is 0.0629. The number of aryl methyl sites for hydroxylation is 1. The summed E-state index contributed by atoms with van der Waals surface area (Å²) in [5, 5.41) is 3.34. The van der Waals surface area contributed by atoms with Gasteiger partial charge in [0.15, 0.2) is 11.5 Å². The van der Waals surface area contributed by atoms with Gasteiger partial charge < -0.3 is 20.5 Å². The quantitative estimate of drug-likeness (QED) is 0.650. The third-order valence-corrected chi connectivity index (χ3v) is 5.84. The minimum Gasteiger partial charge on any atom is -0.486 e. The highest BCUT2D eigenvalue weighted by Crippen LogP contribution is 2.34. The summed E-state index contributed by atoms with van der Waals surface area (Å²) in [5.41, 5.74) is 7.64. The van der Waals surface area contributed by atoms with Gasteiger partial charge in [-0.2, -0.15) is 0 Å². The molecule has 0 saturated heterocycles. The summed E-state index contributed by atoms with van der Waals surface area (Å²) in [6, 6.07) is 8.99. The smallest absolute Gasteiger partial charge is 0.239 e. The number of benzene rings is 1. The number of nitrogens with one attached hydrogen (secondary N) is 1. The SMILES string of the molecule is NC(=O)C(NCCC1(CCc2cccnc2)C=CC=NC1)c1ccc2c(c1)OCCO2. The van der Waals surface area contributed by atoms with Crippen molar-refractivity contribution in [2.75, 3.05) is 26.3 Å². The van der Waals surface area contributed by atoms with E-state index in [4.69, 9.17) is 15.2 Å². The second-order valence-corrected chi connectivity index (χ2v) is 8.02. The van der Waals surface area contributed by atoms with Gasteiger partial charge >= 0.3 is 0 Å². The third kappa shape index (κ3) is 5.30. The number of hydrogen-bond donors (Lipinski definition) is 2. The Morgan fingerprint density at radius 1 is 1.19 bits per heavy atom. The molecule has 0 radical (unpaired) electrons. The highest BCUT2D eigenvalue weighted by molar-refractivity contribution is 5.81. The second kappa shape index (κ2) is 9.75. The molecule has 1 amide bonds. The van der Waals surface area contributed by atoms with Crippen LogP contribution in [0, 0.1) is 5.41 Å². The maximum atomic E-state index is 12.2. The van der Waals surface area contributed by atoms with E-state index >= 15 is 0 Å². The van der Waals surface area contributed by atoms with Gasteiger partial charge in [-0.25, -0.2) is 0 Å². The molecular weight excluding hydrogens is 392 g/mol. The maximum absolute atomic E-state index is 12.2. The first-order chi connectivity index (χ1) is 15.2. The number of nitrogens with zero attached hydrogens (tertiary/aromatic N) is 2. The van der Waals surface area contributed by atoms with Crippen molar-refractivity contribution >= 4 is 12.1 Å². The van der Waals surface area contributed by atoms with E-state index in [1.807, 2.05) is 42.8 Å². The Morgan fingerprint density at radius 2 is 2.06 bits per heavy atom. The first kappa shape index (κ1) is 21.1. The monoisotopic (exact) mass is 420 g/mol. The Kier molecular flexibility index (Phi) is 6.62. The van der Waals surface area contributed by atoms with Crippen LogP contribution >= 0.6 is 0 Å². The number of carbonyl (C=O) groups excluding carboxylic acids is 1. The zero-order valence-corrected chi connectivity index (χ0v) is 17.5. The molecule has 7 nitrogen and oxygen atoms in total. The summed E-state index contributed by atoms with van der Waals surface area (Å²) in [7, 11) is 0. The number of amides is 1. The number of ether oxygens (including phenoxy) is 2. The first-order valence-electron chi connectivity index (χ1n) is 10.6. The molecule has 0 spiro atoms. The Labute approximate surface area is 182 Å². The van der Waals surface area contributed by atoms with Gasteiger partial charge in [0, 0.05) is 30.6 Å². The van der Waals surface area contributed by atoms with Crippen molar-refractivity contribution in [1.29, 1.82) is 0 Å². The zero-order chi connectivity index (χ0) is 21.5. The van der Waals surface area contributed by atoms with Crippen molar-refractivity contribution in [2.24, 2.45) is 16.1 Å². The van der Waals surface area contributed by atoms with Crippen LogP contribution in [-0.2, 0) is 11.2 Å². The lowest BCUT2D eigenvalue weighted by molar-refractivity contribution is -0.120. The molecule has 7 heteroatoms. The Balaban J connectivity index is 1.41. The number of allylic oxidation sites excluding steroid dienone is 1. The van der Waals surface area contributed by atoms with Crippen LogP contribution in [0.3, 0.4) is 0 Å². The number of dihydropyridines is 1. The van der Waals surface area contributed by atoms with Gasteiger partial charge in [0.1, 0.15) is 19.3 Å². The molecule has 0 bridgehead atoms. The molecule has 2 aromatic rings. The lowest BCUT2D eigenvalue weighted by Gasteiger charge is -2.31. The number of aliphatic imine (C=N–C) groups is 1. The van der Waals surface area contributed by atoms with E-state index in [2.05, 4.69) is 27.4 Å². The van der Waals surface area contributed by atoms with Crippen LogP contribution in [0.25, 0.3) is 0 Å². The van der Waals surface area contributed by atoms with E-state index in [-0.39, 0.29) is 5.41 Å². The van der Waals surface area contributed by atoms with E-state index in [9.17, 15) is 4.79 Å². The van der Waals surface area contributed by atoms with Gasteiger partial charge in [-0.3, -0.25) is 14.8 Å². The maximum Gasteiger partial charge on any atom is 0.239 e. The highest BCUT2D eigenvalue weighted by atomic mass is 16.6. The van der Waals surface area contributed by atoms with E-state index in [1.165, 1.54) is 5.56 Å². The lowest BCUT2D eigenvalue weighted by atomic mass is 9.78. The third-order valence-electron chi connectivity index (χ3n) is 5.84. The fraction of sp³-hybridized carbons (Fsp3) is 0.375. The number of nitrogens with two attached hydrogens (primary N) is 1. The zero-order valence-electron chi connectivity index (χ0n) is 17.5. The Bertz CT molecular complexity index is 961. The highest BCUT2D eigenvalue weighted by Gasteiger charge is 2.29. The molecule has 2 unspecified atom stereocenters. The summed E-state index contributed by atoms with van der Waals surface area (Å²) >= 11 is 0. The molecule has 0 fully saturated rings. The van der Waals surface area contributed by atoms with Crippen molar-refractivity contribution < 1.29 is 14.3 Å². The fourth-order valence-corrected chi connectivity index (χ4v) is 4.07. The number of carbonyl (C=O) groups is 1. The standard InChI is InChI=1S/C24H28N4O3/c25-23(29)22(19-4-5-20-21(15-19)31-14-13-30-20)28-12-9-24(7-2-11-27-17-24)8-6-18-3-1-10-26-16-18/h1-5,7,10-11,15-16,22,28H,6,8-9,12-14,17H2,(H2,25,29). The molecule has 162 valence electrons. The van der Waals surface area contributed by atoms with E-state index in [0.29, 0.717) is 31.3 Å². The van der Waals surface area contributed by atoms with Crippen molar-refractivity contribution in [1.82, 2.24) is 10.3 Å². The Hall–Kier alpha value is -3.19. The van der Waals surface area contributed by atoms with E-state index in [1.54, 1.807) is 6.20 Å². The van der Waals surface area contributed by atoms with Gasteiger partial charge in [-0.15, -0.1) is 0 Å². The van der Waals surface area contributed by atoms with Crippen LogP contribution in [-0.4, -0.2) is 43.4 Å². The topological polar surface area (TPSA) is 98.8 Å². The predicted molar refractivity (Wildman–Crippen MR) is 119 cm³/mol. The summed E-state index contributed by atoms with van der Waals surface area (Å²) < 4.78 is 11.2. The summed E-state index contributed by atoms with van der Waals surface area (Å²) in [4.78, 5) is 20.9. The average molecular weight is 421 g/mol. The first-order valence-corrected chi connectivity index (χ1v) is 10.6. The number of fused-ring (bicyclic) bond motifs is 1. The molecule has 1 aromatic heterocycles. The lowest BCUT2D eigenvalue weighted by Crippen LogP contribution is -2.37.